The van der Waals surface area contributed by atoms with E-state index in [-0.39, 0.29) is 0 Å². The van der Waals surface area contributed by atoms with E-state index in [0.29, 0.717) is 13.1 Å². The Balaban J connectivity index is 2.40. The van der Waals surface area contributed by atoms with E-state index in [1.54, 1.807) is 12.5 Å². The van der Waals surface area contributed by atoms with Gasteiger partial charge in [0.1, 0.15) is 0 Å². The highest BCUT2D eigenvalue weighted by Gasteiger charge is 2.03. The maximum absolute atomic E-state index is 10.9. The standard InChI is InChI=1S/C10H20N4O2S/c1-3-4-11-7-10-8-12-9-14(10)6-5-13-17(2,15)16/h8-9,11,13H,3-7H2,1-2H3. The molecular formula is C10H20N4O2S. The summed E-state index contributed by atoms with van der Waals surface area (Å²) in [4.78, 5) is 4.06. The SMILES string of the molecule is CCCNCc1cncn1CCNS(C)(=O)=O. The lowest BCUT2D eigenvalue weighted by Crippen LogP contribution is -2.27. The molecule has 7 heteroatoms. The zero-order valence-corrected chi connectivity index (χ0v) is 11.1. The van der Waals surface area contributed by atoms with Crippen LogP contribution in [0.4, 0.5) is 0 Å². The average Bonchev–Trinajstić information content (AvgIpc) is 2.64. The fourth-order valence-corrected chi connectivity index (χ4v) is 1.90. The van der Waals surface area contributed by atoms with Gasteiger partial charge in [-0.05, 0) is 13.0 Å². The van der Waals surface area contributed by atoms with Gasteiger partial charge in [0.15, 0.2) is 0 Å². The van der Waals surface area contributed by atoms with Gasteiger partial charge >= 0.3 is 0 Å². The van der Waals surface area contributed by atoms with Crippen molar-refractivity contribution in [2.24, 2.45) is 0 Å². The van der Waals surface area contributed by atoms with E-state index in [2.05, 4.69) is 21.9 Å². The van der Waals surface area contributed by atoms with Crippen molar-refractivity contribution in [1.82, 2.24) is 19.6 Å². The maximum atomic E-state index is 10.9. The van der Waals surface area contributed by atoms with Crippen molar-refractivity contribution in [3.63, 3.8) is 0 Å². The summed E-state index contributed by atoms with van der Waals surface area (Å²) in [6.07, 6.45) is 5.75. The Kier molecular flexibility index (Phi) is 5.60. The van der Waals surface area contributed by atoms with Crippen LogP contribution in [0.15, 0.2) is 12.5 Å². The Morgan fingerprint density at radius 2 is 2.18 bits per heavy atom. The van der Waals surface area contributed by atoms with E-state index in [1.807, 2.05) is 4.57 Å². The Labute approximate surface area is 102 Å². The molecule has 0 saturated carbocycles. The first-order valence-corrected chi connectivity index (χ1v) is 7.56. The van der Waals surface area contributed by atoms with Crippen molar-refractivity contribution in [3.05, 3.63) is 18.2 Å². The molecule has 0 radical (unpaired) electrons. The van der Waals surface area contributed by atoms with Crippen LogP contribution in [-0.2, 0) is 23.1 Å². The lowest BCUT2D eigenvalue weighted by molar-refractivity contribution is 0.569. The number of imidazole rings is 1. The van der Waals surface area contributed by atoms with Gasteiger partial charge in [0.2, 0.25) is 10.0 Å². The molecule has 1 heterocycles. The summed E-state index contributed by atoms with van der Waals surface area (Å²) in [6.45, 7) is 4.81. The van der Waals surface area contributed by atoms with Gasteiger partial charge in [-0.25, -0.2) is 18.1 Å². The molecule has 6 nitrogen and oxygen atoms in total. The zero-order valence-electron chi connectivity index (χ0n) is 10.3. The molecule has 98 valence electrons. The normalized spacial score (nSPS) is 11.9. The van der Waals surface area contributed by atoms with Gasteiger partial charge in [0, 0.05) is 25.8 Å². The molecule has 17 heavy (non-hydrogen) atoms. The third kappa shape index (κ3) is 5.81. The molecule has 1 rings (SSSR count). The highest BCUT2D eigenvalue weighted by molar-refractivity contribution is 7.88. The van der Waals surface area contributed by atoms with Crippen molar-refractivity contribution < 1.29 is 8.42 Å². The molecule has 0 atom stereocenters. The van der Waals surface area contributed by atoms with Gasteiger partial charge < -0.3 is 9.88 Å². The summed E-state index contributed by atoms with van der Waals surface area (Å²) < 4.78 is 26.2. The van der Waals surface area contributed by atoms with Crippen molar-refractivity contribution in [3.8, 4) is 0 Å². The second-order valence-electron chi connectivity index (χ2n) is 3.92. The molecule has 2 N–H and O–H groups in total. The van der Waals surface area contributed by atoms with E-state index in [4.69, 9.17) is 0 Å². The van der Waals surface area contributed by atoms with E-state index in [1.165, 1.54) is 0 Å². The van der Waals surface area contributed by atoms with Gasteiger partial charge in [-0.2, -0.15) is 0 Å². The Bertz CT molecular complexity index is 427. The number of rotatable bonds is 8. The number of sulfonamides is 1. The monoisotopic (exact) mass is 260 g/mol. The molecule has 0 amide bonds. The largest absolute Gasteiger partial charge is 0.332 e. The predicted octanol–water partition coefficient (Wildman–Crippen LogP) is -0.0681. The van der Waals surface area contributed by atoms with Crippen molar-refractivity contribution in [2.45, 2.75) is 26.4 Å². The number of hydrogen-bond donors (Lipinski definition) is 2. The van der Waals surface area contributed by atoms with Crippen LogP contribution in [0.2, 0.25) is 0 Å². The molecule has 0 saturated heterocycles. The highest BCUT2D eigenvalue weighted by Crippen LogP contribution is 1.98. The third-order valence-corrected chi connectivity index (χ3v) is 2.98. The summed E-state index contributed by atoms with van der Waals surface area (Å²) in [6, 6.07) is 0. The molecule has 0 spiro atoms. The predicted molar refractivity (Wildman–Crippen MR) is 67.1 cm³/mol. The molecule has 0 fully saturated rings. The zero-order chi connectivity index (χ0) is 12.7. The number of nitrogens with zero attached hydrogens (tertiary/aromatic N) is 2. The van der Waals surface area contributed by atoms with Crippen LogP contribution in [0.3, 0.4) is 0 Å². The van der Waals surface area contributed by atoms with Crippen LogP contribution >= 0.6 is 0 Å². The van der Waals surface area contributed by atoms with Crippen LogP contribution in [0.5, 0.6) is 0 Å². The van der Waals surface area contributed by atoms with E-state index in [9.17, 15) is 8.42 Å². The minimum absolute atomic E-state index is 0.385. The van der Waals surface area contributed by atoms with Gasteiger partial charge in [-0.1, -0.05) is 6.92 Å². The first-order chi connectivity index (χ1) is 8.03. The maximum Gasteiger partial charge on any atom is 0.208 e. The quantitative estimate of drug-likeness (QED) is 0.642. The Morgan fingerprint density at radius 3 is 2.82 bits per heavy atom. The van der Waals surface area contributed by atoms with Gasteiger partial charge in [0.05, 0.1) is 18.3 Å². The van der Waals surface area contributed by atoms with Gasteiger partial charge in [-0.15, -0.1) is 0 Å². The second-order valence-corrected chi connectivity index (χ2v) is 5.75. The van der Waals surface area contributed by atoms with Gasteiger partial charge in [0.25, 0.3) is 0 Å². The molecule has 1 aromatic heterocycles. The number of aromatic nitrogens is 2. The van der Waals surface area contributed by atoms with Gasteiger partial charge in [-0.3, -0.25) is 0 Å². The summed E-state index contributed by atoms with van der Waals surface area (Å²) >= 11 is 0. The summed E-state index contributed by atoms with van der Waals surface area (Å²) in [5.41, 5.74) is 1.06. The van der Waals surface area contributed by atoms with Crippen LogP contribution in [0.1, 0.15) is 19.0 Å². The molecule has 0 unspecified atom stereocenters. The smallest absolute Gasteiger partial charge is 0.208 e. The Hall–Kier alpha value is -0.920. The van der Waals surface area contributed by atoms with Crippen LogP contribution < -0.4 is 10.0 Å². The molecule has 1 aromatic rings. The van der Waals surface area contributed by atoms with E-state index >= 15 is 0 Å². The molecule has 0 aliphatic carbocycles. The molecule has 0 bridgehead atoms. The summed E-state index contributed by atoms with van der Waals surface area (Å²) in [5, 5.41) is 3.29. The summed E-state index contributed by atoms with van der Waals surface area (Å²) in [5.74, 6) is 0. The minimum atomic E-state index is -3.11. The lowest BCUT2D eigenvalue weighted by atomic mass is 10.4. The fraction of sp³-hybridized carbons (Fsp3) is 0.700. The fourth-order valence-electron chi connectivity index (χ4n) is 1.44. The van der Waals surface area contributed by atoms with Crippen LogP contribution in [0.25, 0.3) is 0 Å². The highest BCUT2D eigenvalue weighted by atomic mass is 32.2. The first-order valence-electron chi connectivity index (χ1n) is 5.67. The van der Waals surface area contributed by atoms with Crippen molar-refractivity contribution in [1.29, 1.82) is 0 Å². The number of hydrogen-bond acceptors (Lipinski definition) is 4. The molecule has 0 aliphatic heterocycles. The topological polar surface area (TPSA) is 76.0 Å². The number of nitrogens with one attached hydrogen (secondary N) is 2. The second kappa shape index (κ2) is 6.73. The lowest BCUT2D eigenvalue weighted by Gasteiger charge is -2.09. The van der Waals surface area contributed by atoms with E-state index in [0.717, 1.165) is 31.5 Å². The average molecular weight is 260 g/mol. The summed E-state index contributed by atoms with van der Waals surface area (Å²) in [7, 11) is -3.11. The molecule has 0 aliphatic rings. The molecular weight excluding hydrogens is 240 g/mol. The minimum Gasteiger partial charge on any atom is -0.332 e. The third-order valence-electron chi connectivity index (χ3n) is 2.25. The van der Waals surface area contributed by atoms with Crippen LogP contribution in [-0.4, -0.2) is 37.3 Å². The van der Waals surface area contributed by atoms with E-state index < -0.39 is 10.0 Å². The Morgan fingerprint density at radius 1 is 1.41 bits per heavy atom. The van der Waals surface area contributed by atoms with Crippen molar-refractivity contribution >= 4 is 10.0 Å². The van der Waals surface area contributed by atoms with Crippen molar-refractivity contribution in [2.75, 3.05) is 19.3 Å². The molecule has 0 aromatic carbocycles. The first kappa shape index (κ1) is 14.1. The van der Waals surface area contributed by atoms with Crippen LogP contribution in [0, 0.1) is 0 Å².